The Balaban J connectivity index is 1.54. The summed E-state index contributed by atoms with van der Waals surface area (Å²) in [4.78, 5) is 51.3. The number of hydrogen-bond acceptors (Lipinski definition) is 12. The second-order valence-corrected chi connectivity index (χ2v) is 10.5. The van der Waals surface area contributed by atoms with E-state index in [-0.39, 0.29) is 76.1 Å². The molecule has 3 amide bonds. The van der Waals surface area contributed by atoms with Gasteiger partial charge in [-0.15, -0.1) is 0 Å². The molecule has 2 saturated heterocycles. The van der Waals surface area contributed by atoms with Crippen molar-refractivity contribution < 1.29 is 43.6 Å². The number of nitrogens with zero attached hydrogens (tertiary/aromatic N) is 2. The molecule has 4 rings (SSSR count). The lowest BCUT2D eigenvalue weighted by atomic mass is 9.94. The lowest BCUT2D eigenvalue weighted by molar-refractivity contribution is -0.144. The monoisotopic (exact) mass is 565 g/mol. The number of piperazine rings is 1. The molecular formula is C24H31N5O9S. The number of primary amides is 1. The number of rotatable bonds is 9. The smallest absolute Gasteiger partial charge is 0.409 e. The number of anilines is 2. The van der Waals surface area contributed by atoms with E-state index >= 15 is 0 Å². The second-order valence-electron chi connectivity index (χ2n) is 9.35. The number of ether oxygens (including phenoxy) is 3. The minimum atomic E-state index is -1.39. The van der Waals surface area contributed by atoms with E-state index in [2.05, 4.69) is 5.32 Å². The van der Waals surface area contributed by atoms with Crippen molar-refractivity contribution in [2.75, 3.05) is 42.9 Å². The number of phenols is 2. The third-order valence-corrected chi connectivity index (χ3v) is 8.30. The molecule has 212 valence electrons. The van der Waals surface area contributed by atoms with Crippen LogP contribution in [0.5, 0.6) is 11.5 Å². The molecule has 1 unspecified atom stereocenters. The number of nitrogens with two attached hydrogens (primary N) is 2. The molecule has 0 aromatic heterocycles. The standard InChI is InChI=1S/C24H31N5O9S/c1-10-17(25)20(33)16-12(8-38-23(26)35)24(37-4)21-14(7-28(24)18(16)19(10)32)29(21)15(31)5-6-39-9-13(22(34)36-3)27-11(2)30/h8,13-14,21,32-33H,5-7,9,25H2,1-4H3,(H2,26,35)(H,27,30)/t13?,14-,21-,24+,29?/m0/s1. The number of nitrogen functional groups attached to an aromatic ring is 1. The molecule has 39 heavy (non-hydrogen) atoms. The summed E-state index contributed by atoms with van der Waals surface area (Å²) in [5.74, 6) is -1.02. The van der Waals surface area contributed by atoms with Crippen LogP contribution >= 0.6 is 11.8 Å². The molecule has 7 N–H and O–H groups in total. The molecule has 0 saturated carbocycles. The number of fused-ring (bicyclic) bond motifs is 5. The minimum absolute atomic E-state index is 0.0505. The van der Waals surface area contributed by atoms with Gasteiger partial charge in [-0.25, -0.2) is 9.59 Å². The van der Waals surface area contributed by atoms with Crippen LogP contribution in [0, 0.1) is 6.92 Å². The molecule has 1 aromatic carbocycles. The molecule has 14 nitrogen and oxygen atoms in total. The van der Waals surface area contributed by atoms with Crippen molar-refractivity contribution in [2.24, 2.45) is 5.73 Å². The molecule has 1 aromatic rings. The molecular weight excluding hydrogens is 534 g/mol. The van der Waals surface area contributed by atoms with Gasteiger partial charge >= 0.3 is 12.1 Å². The SMILES string of the molecule is COC(=O)C(CSCCC(=O)N1[C@H]2[C@@H]1CN1c3c(O)c(C)c(N)c(O)c3C(=COC(N)=O)[C@@]21OC)NC(C)=O. The number of carbonyl (C=O) groups excluding carboxylic acids is 4. The van der Waals surface area contributed by atoms with Crippen molar-refractivity contribution in [2.45, 2.75) is 44.1 Å². The first-order valence-electron chi connectivity index (χ1n) is 12.0. The number of aromatic hydroxyl groups is 2. The summed E-state index contributed by atoms with van der Waals surface area (Å²) in [6.07, 6.45) is 0.0854. The maximum atomic E-state index is 13.2. The summed E-state index contributed by atoms with van der Waals surface area (Å²) in [5, 5.41) is 24.4. The average Bonchev–Trinajstić information content (AvgIpc) is 3.40. The number of phenolic OH excluding ortho intramolecular Hbond substituents is 2. The maximum Gasteiger partial charge on any atom is 0.409 e. The van der Waals surface area contributed by atoms with Gasteiger partial charge in [-0.2, -0.15) is 11.8 Å². The van der Waals surface area contributed by atoms with E-state index in [9.17, 15) is 29.4 Å². The summed E-state index contributed by atoms with van der Waals surface area (Å²) >= 11 is 1.31. The van der Waals surface area contributed by atoms with E-state index in [0.717, 1.165) is 6.26 Å². The number of hydrogen-bond donors (Lipinski definition) is 5. The van der Waals surface area contributed by atoms with Crippen LogP contribution in [-0.4, -0.2) is 95.1 Å². The van der Waals surface area contributed by atoms with Gasteiger partial charge in [-0.05, 0) is 6.92 Å². The van der Waals surface area contributed by atoms with Gasteiger partial charge in [-0.3, -0.25) is 9.59 Å². The Morgan fingerprint density at radius 3 is 2.54 bits per heavy atom. The van der Waals surface area contributed by atoms with Crippen LogP contribution in [0.3, 0.4) is 0 Å². The number of benzene rings is 1. The predicted molar refractivity (Wildman–Crippen MR) is 141 cm³/mol. The molecule has 15 heteroatoms. The molecule has 0 aliphatic carbocycles. The Labute approximate surface area is 228 Å². The molecule has 3 aliphatic heterocycles. The normalized spacial score (nSPS) is 24.1. The Morgan fingerprint density at radius 1 is 1.26 bits per heavy atom. The zero-order valence-corrected chi connectivity index (χ0v) is 22.7. The van der Waals surface area contributed by atoms with Gasteiger partial charge in [0.05, 0.1) is 35.7 Å². The fraction of sp³-hybridized carbons (Fsp3) is 0.500. The highest BCUT2D eigenvalue weighted by molar-refractivity contribution is 7.99. The van der Waals surface area contributed by atoms with Gasteiger partial charge < -0.3 is 51.0 Å². The Morgan fingerprint density at radius 2 is 1.95 bits per heavy atom. The zero-order chi connectivity index (χ0) is 28.8. The van der Waals surface area contributed by atoms with Crippen molar-refractivity contribution in [3.8, 4) is 11.5 Å². The van der Waals surface area contributed by atoms with Gasteiger partial charge in [-0.1, -0.05) is 0 Å². The highest BCUT2D eigenvalue weighted by Gasteiger charge is 2.75. The van der Waals surface area contributed by atoms with Crippen molar-refractivity contribution >= 4 is 52.6 Å². The van der Waals surface area contributed by atoms with E-state index in [0.29, 0.717) is 5.75 Å². The first kappa shape index (κ1) is 28.2. The predicted octanol–water partition coefficient (Wildman–Crippen LogP) is -0.0187. The van der Waals surface area contributed by atoms with Crippen LogP contribution < -0.4 is 21.7 Å². The number of nitrogens with one attached hydrogen (secondary N) is 1. The van der Waals surface area contributed by atoms with E-state index in [1.807, 2.05) is 0 Å². The Hall–Kier alpha value is -3.85. The fourth-order valence-corrected chi connectivity index (χ4v) is 6.43. The summed E-state index contributed by atoms with van der Waals surface area (Å²) in [6.45, 7) is 3.12. The second kappa shape index (κ2) is 10.4. The third kappa shape index (κ3) is 4.44. The van der Waals surface area contributed by atoms with Crippen LogP contribution in [0.15, 0.2) is 6.26 Å². The zero-order valence-electron chi connectivity index (χ0n) is 21.8. The van der Waals surface area contributed by atoms with Gasteiger partial charge in [0, 0.05) is 44.1 Å². The maximum absolute atomic E-state index is 13.2. The quantitative estimate of drug-likeness (QED) is 0.0509. The Bertz CT molecular complexity index is 1270. The average molecular weight is 566 g/mol. The van der Waals surface area contributed by atoms with Gasteiger partial charge in [0.1, 0.15) is 29.8 Å². The molecule has 0 spiro atoms. The van der Waals surface area contributed by atoms with E-state index in [4.69, 9.17) is 25.7 Å². The van der Waals surface area contributed by atoms with Crippen molar-refractivity contribution in [1.29, 1.82) is 0 Å². The molecule has 0 radical (unpaired) electrons. The van der Waals surface area contributed by atoms with Crippen LogP contribution in [0.25, 0.3) is 5.57 Å². The van der Waals surface area contributed by atoms with E-state index in [1.165, 1.54) is 32.9 Å². The van der Waals surface area contributed by atoms with Crippen LogP contribution in [-0.2, 0) is 28.6 Å². The lowest BCUT2D eigenvalue weighted by Crippen LogP contribution is -2.51. The summed E-state index contributed by atoms with van der Waals surface area (Å²) in [7, 11) is 2.64. The highest BCUT2D eigenvalue weighted by atomic mass is 32.2. The summed E-state index contributed by atoms with van der Waals surface area (Å²) in [5.41, 5.74) is 10.6. The van der Waals surface area contributed by atoms with E-state index < -0.39 is 29.9 Å². The highest BCUT2D eigenvalue weighted by Crippen LogP contribution is 2.65. The number of thioether (sulfide) groups is 1. The van der Waals surface area contributed by atoms with Gasteiger partial charge in [0.25, 0.3) is 0 Å². The summed E-state index contributed by atoms with van der Waals surface area (Å²) < 4.78 is 15.7. The van der Waals surface area contributed by atoms with Gasteiger partial charge in [0.15, 0.2) is 5.72 Å². The topological polar surface area (TPSA) is 207 Å². The van der Waals surface area contributed by atoms with Crippen LogP contribution in [0.4, 0.5) is 16.2 Å². The minimum Gasteiger partial charge on any atom is -0.505 e. The fourth-order valence-electron chi connectivity index (χ4n) is 5.49. The molecule has 4 atom stereocenters. The first-order valence-corrected chi connectivity index (χ1v) is 13.1. The molecule has 3 heterocycles. The summed E-state index contributed by atoms with van der Waals surface area (Å²) in [6, 6.07) is -1.64. The van der Waals surface area contributed by atoms with Crippen molar-refractivity contribution in [1.82, 2.24) is 10.2 Å². The van der Waals surface area contributed by atoms with Crippen molar-refractivity contribution in [3.05, 3.63) is 17.4 Å². The number of carbonyl (C=O) groups is 4. The molecule has 0 bridgehead atoms. The number of amides is 3. The van der Waals surface area contributed by atoms with Crippen LogP contribution in [0.1, 0.15) is 24.5 Å². The molecule has 3 aliphatic rings. The van der Waals surface area contributed by atoms with Gasteiger partial charge in [0.2, 0.25) is 11.8 Å². The number of esters is 1. The van der Waals surface area contributed by atoms with E-state index in [1.54, 1.807) is 16.7 Å². The lowest BCUT2D eigenvalue weighted by Gasteiger charge is -2.37. The number of methoxy groups -OCH3 is 2. The third-order valence-electron chi connectivity index (χ3n) is 7.24. The first-order chi connectivity index (χ1) is 18.4. The molecule has 2 fully saturated rings. The van der Waals surface area contributed by atoms with Crippen molar-refractivity contribution in [3.63, 3.8) is 0 Å². The Kier molecular flexibility index (Phi) is 7.49. The largest absolute Gasteiger partial charge is 0.505 e. The van der Waals surface area contributed by atoms with Crippen LogP contribution in [0.2, 0.25) is 0 Å².